The summed E-state index contributed by atoms with van der Waals surface area (Å²) in [4.78, 5) is 0. The van der Waals surface area contributed by atoms with Crippen LogP contribution in [0.4, 0.5) is 0 Å². The fraction of sp³-hybridized carbons (Fsp3) is 0.571. The molecule has 5 heteroatoms. The number of rotatable bonds is 4. The second-order valence-electron chi connectivity index (χ2n) is 5.72. The van der Waals surface area contributed by atoms with Crippen molar-refractivity contribution in [2.24, 2.45) is 17.6 Å². The standard InChI is InChI=1S/C14H20N2O2S/c15-14-9-16(8-13(14)12-6-7-12)19(17,18)10-11-4-2-1-3-5-11/h1-5,12-14H,6-10,15H2/t13-,14+/m1/s1. The van der Waals surface area contributed by atoms with Crippen molar-refractivity contribution in [2.75, 3.05) is 13.1 Å². The maximum Gasteiger partial charge on any atom is 0.218 e. The highest BCUT2D eigenvalue weighted by Crippen LogP contribution is 2.41. The summed E-state index contributed by atoms with van der Waals surface area (Å²) in [7, 11) is -3.23. The van der Waals surface area contributed by atoms with E-state index in [1.165, 1.54) is 12.8 Å². The van der Waals surface area contributed by atoms with Crippen LogP contribution in [-0.4, -0.2) is 31.9 Å². The first-order valence-electron chi connectivity index (χ1n) is 6.83. The monoisotopic (exact) mass is 280 g/mol. The molecule has 3 rings (SSSR count). The predicted octanol–water partition coefficient (Wildman–Crippen LogP) is 1.19. The summed E-state index contributed by atoms with van der Waals surface area (Å²) in [5.74, 6) is 1.11. The molecule has 2 atom stereocenters. The van der Waals surface area contributed by atoms with Crippen molar-refractivity contribution in [2.45, 2.75) is 24.6 Å². The molecule has 1 aliphatic heterocycles. The zero-order valence-electron chi connectivity index (χ0n) is 10.9. The van der Waals surface area contributed by atoms with Gasteiger partial charge in [0.05, 0.1) is 5.75 Å². The molecule has 0 bridgehead atoms. The fourth-order valence-corrected chi connectivity index (χ4v) is 4.54. The Balaban J connectivity index is 1.71. The molecule has 4 nitrogen and oxygen atoms in total. The van der Waals surface area contributed by atoms with Crippen LogP contribution in [-0.2, 0) is 15.8 Å². The van der Waals surface area contributed by atoms with Gasteiger partial charge in [-0.2, -0.15) is 4.31 Å². The molecule has 1 heterocycles. The lowest BCUT2D eigenvalue weighted by Gasteiger charge is -2.16. The molecule has 1 saturated heterocycles. The van der Waals surface area contributed by atoms with E-state index in [4.69, 9.17) is 5.73 Å². The van der Waals surface area contributed by atoms with E-state index in [0.29, 0.717) is 24.9 Å². The van der Waals surface area contributed by atoms with Crippen molar-refractivity contribution in [3.8, 4) is 0 Å². The van der Waals surface area contributed by atoms with Gasteiger partial charge in [0.2, 0.25) is 10.0 Å². The lowest BCUT2D eigenvalue weighted by Crippen LogP contribution is -2.33. The quantitative estimate of drug-likeness (QED) is 0.901. The first kappa shape index (κ1) is 13.1. The first-order valence-corrected chi connectivity index (χ1v) is 8.44. The van der Waals surface area contributed by atoms with E-state index in [9.17, 15) is 8.42 Å². The van der Waals surface area contributed by atoms with E-state index < -0.39 is 10.0 Å². The Hall–Kier alpha value is -0.910. The molecule has 104 valence electrons. The van der Waals surface area contributed by atoms with Gasteiger partial charge in [-0.05, 0) is 30.2 Å². The number of hydrogen-bond donors (Lipinski definition) is 1. The summed E-state index contributed by atoms with van der Waals surface area (Å²) >= 11 is 0. The molecule has 1 aromatic rings. The van der Waals surface area contributed by atoms with Gasteiger partial charge in [-0.1, -0.05) is 30.3 Å². The summed E-state index contributed by atoms with van der Waals surface area (Å²) in [6.45, 7) is 1.09. The van der Waals surface area contributed by atoms with Crippen LogP contribution in [0.15, 0.2) is 30.3 Å². The SMILES string of the molecule is N[C@H]1CN(S(=O)(=O)Cc2ccccc2)C[C@@H]1C1CC1. The second kappa shape index (κ2) is 4.89. The smallest absolute Gasteiger partial charge is 0.218 e. The zero-order valence-corrected chi connectivity index (χ0v) is 11.7. The maximum atomic E-state index is 12.4. The Labute approximate surface area is 114 Å². The fourth-order valence-electron chi connectivity index (χ4n) is 2.94. The van der Waals surface area contributed by atoms with Crippen LogP contribution in [0.2, 0.25) is 0 Å². The molecule has 2 fully saturated rings. The number of benzene rings is 1. The Morgan fingerprint density at radius 3 is 2.47 bits per heavy atom. The van der Waals surface area contributed by atoms with Gasteiger partial charge in [0.15, 0.2) is 0 Å². The first-order chi connectivity index (χ1) is 9.06. The van der Waals surface area contributed by atoms with Crippen molar-refractivity contribution in [3.63, 3.8) is 0 Å². The minimum Gasteiger partial charge on any atom is -0.326 e. The van der Waals surface area contributed by atoms with Gasteiger partial charge in [0.25, 0.3) is 0 Å². The van der Waals surface area contributed by atoms with Crippen molar-refractivity contribution in [3.05, 3.63) is 35.9 Å². The number of hydrogen-bond acceptors (Lipinski definition) is 3. The molecule has 0 amide bonds. The molecule has 1 aromatic carbocycles. The Morgan fingerprint density at radius 2 is 1.84 bits per heavy atom. The summed E-state index contributed by atoms with van der Waals surface area (Å²) in [6.07, 6.45) is 2.43. The molecule has 1 aliphatic carbocycles. The van der Waals surface area contributed by atoms with Crippen molar-refractivity contribution < 1.29 is 8.42 Å². The van der Waals surface area contributed by atoms with Gasteiger partial charge in [0, 0.05) is 19.1 Å². The van der Waals surface area contributed by atoms with E-state index in [0.717, 1.165) is 5.56 Å². The van der Waals surface area contributed by atoms with E-state index in [-0.39, 0.29) is 11.8 Å². The Bertz CT molecular complexity index is 540. The van der Waals surface area contributed by atoms with Crippen LogP contribution in [0.25, 0.3) is 0 Å². The van der Waals surface area contributed by atoms with Crippen molar-refractivity contribution in [1.29, 1.82) is 0 Å². The second-order valence-corrected chi connectivity index (χ2v) is 7.69. The minimum absolute atomic E-state index is 0.0121. The molecule has 0 aromatic heterocycles. The van der Waals surface area contributed by atoms with E-state index >= 15 is 0 Å². The van der Waals surface area contributed by atoms with Gasteiger partial charge in [-0.15, -0.1) is 0 Å². The Kier molecular flexibility index (Phi) is 3.37. The summed E-state index contributed by atoms with van der Waals surface area (Å²) in [5.41, 5.74) is 6.93. The van der Waals surface area contributed by atoms with E-state index in [2.05, 4.69) is 0 Å². The number of sulfonamides is 1. The molecule has 2 aliphatic rings. The third kappa shape index (κ3) is 2.83. The van der Waals surface area contributed by atoms with Gasteiger partial charge < -0.3 is 5.73 Å². The third-order valence-corrected chi connectivity index (χ3v) is 5.97. The van der Waals surface area contributed by atoms with Gasteiger partial charge in [0.1, 0.15) is 0 Å². The maximum absolute atomic E-state index is 12.4. The van der Waals surface area contributed by atoms with Gasteiger partial charge in [-0.3, -0.25) is 0 Å². The summed E-state index contributed by atoms with van der Waals surface area (Å²) < 4.78 is 26.4. The highest BCUT2D eigenvalue weighted by atomic mass is 32.2. The van der Waals surface area contributed by atoms with Crippen LogP contribution in [0.3, 0.4) is 0 Å². The van der Waals surface area contributed by atoms with Crippen molar-refractivity contribution in [1.82, 2.24) is 4.31 Å². The molecule has 1 saturated carbocycles. The topological polar surface area (TPSA) is 63.4 Å². The van der Waals surface area contributed by atoms with Gasteiger partial charge in [-0.25, -0.2) is 8.42 Å². The third-order valence-electron chi connectivity index (χ3n) is 4.19. The van der Waals surface area contributed by atoms with Crippen LogP contribution in [0, 0.1) is 11.8 Å². The lowest BCUT2D eigenvalue weighted by molar-refractivity contribution is 0.427. The average molecular weight is 280 g/mol. The molecule has 0 unspecified atom stereocenters. The Morgan fingerprint density at radius 1 is 1.16 bits per heavy atom. The van der Waals surface area contributed by atoms with Crippen LogP contribution in [0.5, 0.6) is 0 Å². The van der Waals surface area contributed by atoms with E-state index in [1.807, 2.05) is 30.3 Å². The number of nitrogens with zero attached hydrogens (tertiary/aromatic N) is 1. The molecule has 2 N–H and O–H groups in total. The molecular weight excluding hydrogens is 260 g/mol. The summed E-state index contributed by atoms with van der Waals surface area (Å²) in [6, 6.07) is 9.35. The molecule has 0 radical (unpaired) electrons. The highest BCUT2D eigenvalue weighted by Gasteiger charge is 2.44. The highest BCUT2D eigenvalue weighted by molar-refractivity contribution is 7.88. The lowest BCUT2D eigenvalue weighted by atomic mass is 9.99. The van der Waals surface area contributed by atoms with Crippen LogP contribution < -0.4 is 5.73 Å². The van der Waals surface area contributed by atoms with Crippen LogP contribution in [0.1, 0.15) is 18.4 Å². The van der Waals surface area contributed by atoms with Crippen LogP contribution >= 0.6 is 0 Å². The van der Waals surface area contributed by atoms with Gasteiger partial charge >= 0.3 is 0 Å². The minimum atomic E-state index is -3.23. The summed E-state index contributed by atoms with van der Waals surface area (Å²) in [5, 5.41) is 0. The molecular formula is C14H20N2O2S. The average Bonchev–Trinajstić information content (AvgIpc) is 3.13. The normalized spacial score (nSPS) is 28.7. The largest absolute Gasteiger partial charge is 0.326 e. The zero-order chi connectivity index (χ0) is 13.5. The predicted molar refractivity (Wildman–Crippen MR) is 74.8 cm³/mol. The molecule has 0 spiro atoms. The van der Waals surface area contributed by atoms with E-state index in [1.54, 1.807) is 4.31 Å². The number of nitrogens with two attached hydrogens (primary N) is 1. The molecule has 19 heavy (non-hydrogen) atoms. The van der Waals surface area contributed by atoms with Crippen molar-refractivity contribution >= 4 is 10.0 Å².